The smallest absolute Gasteiger partial charge is 0.0625 e. The Morgan fingerprint density at radius 2 is 2.28 bits per heavy atom. The van der Waals surface area contributed by atoms with Crippen LogP contribution in [0.5, 0.6) is 0 Å². The normalized spacial score (nSPS) is 17.4. The molecule has 4 heteroatoms. The molecule has 1 unspecified atom stereocenters. The van der Waals surface area contributed by atoms with Gasteiger partial charge in [-0.15, -0.1) is 0 Å². The van der Waals surface area contributed by atoms with Gasteiger partial charge >= 0.3 is 0 Å². The second kappa shape index (κ2) is 5.85. The summed E-state index contributed by atoms with van der Waals surface area (Å²) in [6.07, 6.45) is 3.76. The van der Waals surface area contributed by atoms with Gasteiger partial charge in [0.2, 0.25) is 0 Å². The van der Waals surface area contributed by atoms with E-state index in [0.29, 0.717) is 6.04 Å². The molecular formula is C14H26N4. The summed E-state index contributed by atoms with van der Waals surface area (Å²) in [5.74, 6) is 0. The molecule has 1 heterocycles. The third-order valence-electron chi connectivity index (χ3n) is 3.95. The summed E-state index contributed by atoms with van der Waals surface area (Å²) in [6, 6.07) is 3.64. The Bertz CT molecular complexity index is 381. The summed E-state index contributed by atoms with van der Waals surface area (Å²) in [7, 11) is 4.26. The van der Waals surface area contributed by atoms with Gasteiger partial charge in [-0.1, -0.05) is 6.92 Å². The predicted molar refractivity (Wildman–Crippen MR) is 74.5 cm³/mol. The Kier molecular flexibility index (Phi) is 4.40. The zero-order valence-electron chi connectivity index (χ0n) is 12.1. The number of rotatable bonds is 7. The van der Waals surface area contributed by atoms with Crippen molar-refractivity contribution in [3.8, 4) is 0 Å². The lowest BCUT2D eigenvalue weighted by Crippen LogP contribution is -2.39. The van der Waals surface area contributed by atoms with Gasteiger partial charge in [0.1, 0.15) is 0 Å². The average molecular weight is 250 g/mol. The first-order valence-corrected chi connectivity index (χ1v) is 7.06. The van der Waals surface area contributed by atoms with Crippen LogP contribution in [-0.2, 0) is 20.0 Å². The van der Waals surface area contributed by atoms with Crippen molar-refractivity contribution < 1.29 is 0 Å². The van der Waals surface area contributed by atoms with Crippen molar-refractivity contribution in [1.82, 2.24) is 20.0 Å². The molecule has 1 aromatic heterocycles. The van der Waals surface area contributed by atoms with Gasteiger partial charge in [-0.25, -0.2) is 0 Å². The Labute approximate surface area is 110 Å². The summed E-state index contributed by atoms with van der Waals surface area (Å²) >= 11 is 0. The second-order valence-electron chi connectivity index (χ2n) is 5.48. The molecular weight excluding hydrogens is 224 g/mol. The Hall–Kier alpha value is -0.870. The first kappa shape index (κ1) is 13.6. The van der Waals surface area contributed by atoms with Gasteiger partial charge in [-0.2, -0.15) is 5.10 Å². The molecule has 1 aliphatic rings. The van der Waals surface area contributed by atoms with Gasteiger partial charge in [-0.05, 0) is 39.3 Å². The van der Waals surface area contributed by atoms with Crippen LogP contribution in [0.4, 0.5) is 0 Å². The second-order valence-corrected chi connectivity index (χ2v) is 5.48. The average Bonchev–Trinajstić information content (AvgIpc) is 3.14. The van der Waals surface area contributed by atoms with Crippen molar-refractivity contribution in [3.63, 3.8) is 0 Å². The standard InChI is InChI=1S/C14H26N4/c1-5-12-8-14(18(4)16-12)10-15-9-11(2)17(3)13-6-7-13/h8,11,13,15H,5-7,9-10H2,1-4H3. The quantitative estimate of drug-likeness (QED) is 0.797. The molecule has 0 saturated heterocycles. The van der Waals surface area contributed by atoms with Crippen molar-refractivity contribution >= 4 is 0 Å². The van der Waals surface area contributed by atoms with Crippen LogP contribution >= 0.6 is 0 Å². The van der Waals surface area contributed by atoms with Gasteiger partial charge in [0, 0.05) is 32.2 Å². The minimum Gasteiger partial charge on any atom is -0.310 e. The third-order valence-corrected chi connectivity index (χ3v) is 3.95. The molecule has 1 saturated carbocycles. The number of aryl methyl sites for hydroxylation is 2. The molecule has 0 aliphatic heterocycles. The summed E-state index contributed by atoms with van der Waals surface area (Å²) in [5.41, 5.74) is 2.45. The topological polar surface area (TPSA) is 33.1 Å². The van der Waals surface area contributed by atoms with Gasteiger partial charge in [0.05, 0.1) is 11.4 Å². The van der Waals surface area contributed by atoms with E-state index in [9.17, 15) is 0 Å². The van der Waals surface area contributed by atoms with Crippen LogP contribution in [0.1, 0.15) is 38.1 Å². The zero-order chi connectivity index (χ0) is 13.1. The molecule has 18 heavy (non-hydrogen) atoms. The lowest BCUT2D eigenvalue weighted by atomic mass is 10.2. The summed E-state index contributed by atoms with van der Waals surface area (Å²) in [5, 5.41) is 8.01. The van der Waals surface area contributed by atoms with E-state index in [1.807, 2.05) is 11.7 Å². The number of hydrogen-bond donors (Lipinski definition) is 1. The monoisotopic (exact) mass is 250 g/mol. The van der Waals surface area contributed by atoms with Crippen molar-refractivity contribution in [2.24, 2.45) is 7.05 Å². The van der Waals surface area contributed by atoms with E-state index in [4.69, 9.17) is 0 Å². The molecule has 1 aliphatic carbocycles. The van der Waals surface area contributed by atoms with Crippen molar-refractivity contribution in [2.45, 2.75) is 51.7 Å². The highest BCUT2D eigenvalue weighted by Crippen LogP contribution is 2.26. The molecule has 0 amide bonds. The van der Waals surface area contributed by atoms with E-state index in [1.165, 1.54) is 24.2 Å². The van der Waals surface area contributed by atoms with Crippen LogP contribution in [0.3, 0.4) is 0 Å². The highest BCUT2D eigenvalue weighted by molar-refractivity contribution is 5.09. The molecule has 0 radical (unpaired) electrons. The van der Waals surface area contributed by atoms with E-state index < -0.39 is 0 Å². The lowest BCUT2D eigenvalue weighted by molar-refractivity contribution is 0.240. The van der Waals surface area contributed by atoms with Crippen LogP contribution in [0.25, 0.3) is 0 Å². The minimum atomic E-state index is 0.608. The first-order chi connectivity index (χ1) is 8.61. The third kappa shape index (κ3) is 3.33. The maximum Gasteiger partial charge on any atom is 0.0625 e. The maximum atomic E-state index is 4.47. The molecule has 4 nitrogen and oxygen atoms in total. The Balaban J connectivity index is 1.75. The maximum absolute atomic E-state index is 4.47. The van der Waals surface area contributed by atoms with Crippen LogP contribution in [0.15, 0.2) is 6.07 Å². The number of aromatic nitrogens is 2. The van der Waals surface area contributed by atoms with Crippen molar-refractivity contribution in [3.05, 3.63) is 17.5 Å². The van der Waals surface area contributed by atoms with Crippen LogP contribution in [0, 0.1) is 0 Å². The van der Waals surface area contributed by atoms with Gasteiger partial charge in [0.25, 0.3) is 0 Å². The summed E-state index contributed by atoms with van der Waals surface area (Å²) in [6.45, 7) is 6.39. The Morgan fingerprint density at radius 1 is 1.56 bits per heavy atom. The molecule has 102 valence electrons. The molecule has 1 atom stereocenters. The SMILES string of the molecule is CCc1cc(CNCC(C)N(C)C2CC2)n(C)n1. The predicted octanol–water partition coefficient (Wildman–Crippen LogP) is 1.55. The minimum absolute atomic E-state index is 0.608. The van der Waals surface area contributed by atoms with E-state index in [1.54, 1.807) is 0 Å². The molecule has 0 aromatic carbocycles. The fourth-order valence-electron chi connectivity index (χ4n) is 2.30. The highest BCUT2D eigenvalue weighted by Gasteiger charge is 2.28. The lowest BCUT2D eigenvalue weighted by Gasteiger charge is -2.24. The van der Waals surface area contributed by atoms with Crippen molar-refractivity contribution in [1.29, 1.82) is 0 Å². The molecule has 1 aromatic rings. The van der Waals surface area contributed by atoms with Gasteiger partial charge < -0.3 is 5.32 Å². The number of nitrogens with one attached hydrogen (secondary N) is 1. The van der Waals surface area contributed by atoms with Crippen molar-refractivity contribution in [2.75, 3.05) is 13.6 Å². The number of nitrogens with zero attached hydrogens (tertiary/aromatic N) is 3. The fourth-order valence-corrected chi connectivity index (χ4v) is 2.30. The van der Waals surface area contributed by atoms with E-state index in [-0.39, 0.29) is 0 Å². The zero-order valence-corrected chi connectivity index (χ0v) is 12.1. The highest BCUT2D eigenvalue weighted by atomic mass is 15.3. The van der Waals surface area contributed by atoms with E-state index in [0.717, 1.165) is 25.6 Å². The van der Waals surface area contributed by atoms with Crippen LogP contribution in [0.2, 0.25) is 0 Å². The summed E-state index contributed by atoms with van der Waals surface area (Å²) < 4.78 is 1.99. The molecule has 0 spiro atoms. The molecule has 1 fully saturated rings. The first-order valence-electron chi connectivity index (χ1n) is 7.06. The molecule has 1 N–H and O–H groups in total. The largest absolute Gasteiger partial charge is 0.310 e. The number of hydrogen-bond acceptors (Lipinski definition) is 3. The van der Waals surface area contributed by atoms with Gasteiger partial charge in [0.15, 0.2) is 0 Å². The molecule has 0 bridgehead atoms. The number of likely N-dealkylation sites (N-methyl/N-ethyl adjacent to an activating group) is 1. The summed E-state index contributed by atoms with van der Waals surface area (Å²) in [4.78, 5) is 2.49. The van der Waals surface area contributed by atoms with E-state index in [2.05, 4.69) is 42.3 Å². The van der Waals surface area contributed by atoms with Gasteiger partial charge in [-0.3, -0.25) is 9.58 Å². The van der Waals surface area contributed by atoms with E-state index >= 15 is 0 Å². The van der Waals surface area contributed by atoms with Crippen LogP contribution < -0.4 is 5.32 Å². The Morgan fingerprint density at radius 3 is 2.83 bits per heavy atom. The molecule has 2 rings (SSSR count). The van der Waals surface area contributed by atoms with Crippen LogP contribution in [-0.4, -0.2) is 40.4 Å². The fraction of sp³-hybridized carbons (Fsp3) is 0.786.